The van der Waals surface area contributed by atoms with E-state index in [0.29, 0.717) is 11.6 Å². The van der Waals surface area contributed by atoms with E-state index in [-0.39, 0.29) is 0 Å². The van der Waals surface area contributed by atoms with Crippen molar-refractivity contribution >= 4 is 11.6 Å². The van der Waals surface area contributed by atoms with E-state index in [2.05, 4.69) is 16.8 Å². The molecule has 0 aromatic heterocycles. The van der Waals surface area contributed by atoms with Gasteiger partial charge in [-0.05, 0) is 14.1 Å². The van der Waals surface area contributed by atoms with Crippen molar-refractivity contribution in [1.29, 1.82) is 0 Å². The molecule has 0 amide bonds. The van der Waals surface area contributed by atoms with Crippen LogP contribution in [0.3, 0.4) is 0 Å². The summed E-state index contributed by atoms with van der Waals surface area (Å²) in [5.41, 5.74) is 0. The van der Waals surface area contributed by atoms with Gasteiger partial charge >= 0.3 is 0 Å². The van der Waals surface area contributed by atoms with Gasteiger partial charge in [0.2, 0.25) is 0 Å². The van der Waals surface area contributed by atoms with Gasteiger partial charge in [0.25, 0.3) is 0 Å². The summed E-state index contributed by atoms with van der Waals surface area (Å²) in [6, 6.07) is 0. The normalized spacial score (nSPS) is 10.8. The van der Waals surface area contributed by atoms with Crippen LogP contribution >= 0.6 is 11.6 Å². The van der Waals surface area contributed by atoms with Gasteiger partial charge in [0.05, 0.1) is 13.2 Å². The summed E-state index contributed by atoms with van der Waals surface area (Å²) in [7, 11) is 4.05. The van der Waals surface area contributed by atoms with E-state index in [4.69, 9.17) is 16.3 Å². The maximum absolute atomic E-state index is 5.55. The molecule has 78 valence electrons. The second kappa shape index (κ2) is 8.51. The van der Waals surface area contributed by atoms with Crippen LogP contribution in [0.15, 0.2) is 11.6 Å². The van der Waals surface area contributed by atoms with Crippen LogP contribution in [-0.2, 0) is 4.74 Å². The van der Waals surface area contributed by atoms with E-state index in [1.807, 2.05) is 14.1 Å². The quantitative estimate of drug-likeness (QED) is 0.598. The zero-order valence-electron chi connectivity index (χ0n) is 8.48. The molecule has 0 fully saturated rings. The maximum Gasteiger partial charge on any atom is 0.0593 e. The zero-order valence-corrected chi connectivity index (χ0v) is 9.23. The Morgan fingerprint density at radius 2 is 2.15 bits per heavy atom. The lowest BCUT2D eigenvalue weighted by Crippen LogP contribution is -2.23. The van der Waals surface area contributed by atoms with Gasteiger partial charge in [-0.2, -0.15) is 0 Å². The Morgan fingerprint density at radius 1 is 1.46 bits per heavy atom. The standard InChI is InChI=1S/C9H19ClN2O/c1-9(10)8-11-4-6-13-7-5-12(2)3/h11H,1,4-8H2,2-3H3. The highest BCUT2D eigenvalue weighted by atomic mass is 35.5. The van der Waals surface area contributed by atoms with Crippen LogP contribution in [-0.4, -0.2) is 51.8 Å². The van der Waals surface area contributed by atoms with E-state index < -0.39 is 0 Å². The Morgan fingerprint density at radius 3 is 2.69 bits per heavy atom. The van der Waals surface area contributed by atoms with E-state index in [1.54, 1.807) is 0 Å². The molecule has 0 aliphatic rings. The summed E-state index contributed by atoms with van der Waals surface area (Å²) in [6.45, 7) is 7.49. The van der Waals surface area contributed by atoms with Gasteiger partial charge in [0.15, 0.2) is 0 Å². The fraction of sp³-hybridized carbons (Fsp3) is 0.778. The molecule has 0 aliphatic carbocycles. The van der Waals surface area contributed by atoms with Crippen LogP contribution in [0.25, 0.3) is 0 Å². The monoisotopic (exact) mass is 206 g/mol. The van der Waals surface area contributed by atoms with E-state index in [0.717, 1.165) is 26.3 Å². The molecule has 0 radical (unpaired) electrons. The topological polar surface area (TPSA) is 24.5 Å². The van der Waals surface area contributed by atoms with Crippen LogP contribution in [0.4, 0.5) is 0 Å². The van der Waals surface area contributed by atoms with Crippen molar-refractivity contribution in [2.75, 3.05) is 46.9 Å². The zero-order chi connectivity index (χ0) is 10.1. The molecule has 0 aromatic rings. The van der Waals surface area contributed by atoms with E-state index in [1.165, 1.54) is 0 Å². The van der Waals surface area contributed by atoms with Crippen LogP contribution in [0.1, 0.15) is 0 Å². The summed E-state index contributed by atoms with van der Waals surface area (Å²) >= 11 is 5.55. The lowest BCUT2D eigenvalue weighted by molar-refractivity contribution is 0.120. The third-order valence-electron chi connectivity index (χ3n) is 1.42. The first-order chi connectivity index (χ1) is 6.13. The first kappa shape index (κ1) is 12.9. The van der Waals surface area contributed by atoms with Gasteiger partial charge < -0.3 is 15.0 Å². The van der Waals surface area contributed by atoms with Gasteiger partial charge in [-0.25, -0.2) is 0 Å². The Hall–Kier alpha value is -0.0900. The number of hydrogen-bond donors (Lipinski definition) is 1. The number of likely N-dealkylation sites (N-methyl/N-ethyl adjacent to an activating group) is 1. The molecule has 0 unspecified atom stereocenters. The molecular formula is C9H19ClN2O. The Labute approximate surface area is 85.7 Å². The lowest BCUT2D eigenvalue weighted by atomic mass is 10.5. The van der Waals surface area contributed by atoms with Crippen molar-refractivity contribution in [1.82, 2.24) is 10.2 Å². The summed E-state index contributed by atoms with van der Waals surface area (Å²) in [4.78, 5) is 2.09. The number of hydrogen-bond acceptors (Lipinski definition) is 3. The van der Waals surface area contributed by atoms with Crippen molar-refractivity contribution in [2.45, 2.75) is 0 Å². The fourth-order valence-corrected chi connectivity index (χ4v) is 0.812. The van der Waals surface area contributed by atoms with Gasteiger partial charge in [0, 0.05) is 24.7 Å². The predicted octanol–water partition coefficient (Wildman–Crippen LogP) is 0.907. The highest BCUT2D eigenvalue weighted by Crippen LogP contribution is 1.91. The van der Waals surface area contributed by atoms with E-state index in [9.17, 15) is 0 Å². The molecule has 0 saturated carbocycles. The van der Waals surface area contributed by atoms with Crippen molar-refractivity contribution < 1.29 is 4.74 Å². The molecular weight excluding hydrogens is 188 g/mol. The minimum absolute atomic E-state index is 0.633. The van der Waals surface area contributed by atoms with Crippen molar-refractivity contribution in [3.8, 4) is 0 Å². The molecule has 0 aromatic carbocycles. The van der Waals surface area contributed by atoms with Gasteiger partial charge in [-0.15, -0.1) is 0 Å². The summed E-state index contributed by atoms with van der Waals surface area (Å²) in [5, 5.41) is 3.74. The van der Waals surface area contributed by atoms with Crippen LogP contribution in [0.2, 0.25) is 0 Å². The van der Waals surface area contributed by atoms with E-state index >= 15 is 0 Å². The number of nitrogens with zero attached hydrogens (tertiary/aromatic N) is 1. The smallest absolute Gasteiger partial charge is 0.0593 e. The molecule has 13 heavy (non-hydrogen) atoms. The van der Waals surface area contributed by atoms with Crippen molar-refractivity contribution in [3.05, 3.63) is 11.6 Å². The molecule has 1 N–H and O–H groups in total. The average Bonchev–Trinajstić information content (AvgIpc) is 2.01. The minimum Gasteiger partial charge on any atom is -0.379 e. The summed E-state index contributed by atoms with van der Waals surface area (Å²) in [5.74, 6) is 0. The second-order valence-corrected chi connectivity index (χ2v) is 3.64. The second-order valence-electron chi connectivity index (χ2n) is 3.11. The van der Waals surface area contributed by atoms with Gasteiger partial charge in [-0.3, -0.25) is 0 Å². The number of halogens is 1. The van der Waals surface area contributed by atoms with Crippen LogP contribution in [0, 0.1) is 0 Å². The average molecular weight is 207 g/mol. The predicted molar refractivity (Wildman–Crippen MR) is 57.2 cm³/mol. The Kier molecular flexibility index (Phi) is 8.45. The highest BCUT2D eigenvalue weighted by molar-refractivity contribution is 6.29. The van der Waals surface area contributed by atoms with Crippen molar-refractivity contribution in [3.63, 3.8) is 0 Å². The third kappa shape index (κ3) is 11.9. The Bertz CT molecular complexity index is 140. The SMILES string of the molecule is C=C(Cl)CNCCOCCN(C)C. The lowest BCUT2D eigenvalue weighted by Gasteiger charge is -2.09. The molecule has 0 rings (SSSR count). The molecule has 0 heterocycles. The molecule has 0 aliphatic heterocycles. The molecule has 0 bridgehead atoms. The molecule has 3 nitrogen and oxygen atoms in total. The summed E-state index contributed by atoms with van der Waals surface area (Å²) < 4.78 is 5.35. The van der Waals surface area contributed by atoms with Gasteiger partial charge in [0.1, 0.15) is 0 Å². The third-order valence-corrected chi connectivity index (χ3v) is 1.56. The molecule has 0 atom stereocenters. The maximum atomic E-state index is 5.55. The van der Waals surface area contributed by atoms with Crippen LogP contribution in [0.5, 0.6) is 0 Å². The summed E-state index contributed by atoms with van der Waals surface area (Å²) in [6.07, 6.45) is 0. The minimum atomic E-state index is 0.633. The number of rotatable bonds is 8. The van der Waals surface area contributed by atoms with Gasteiger partial charge in [-0.1, -0.05) is 18.2 Å². The van der Waals surface area contributed by atoms with Crippen LogP contribution < -0.4 is 5.32 Å². The largest absolute Gasteiger partial charge is 0.379 e. The number of nitrogens with one attached hydrogen (secondary N) is 1. The Balaban J connectivity index is 2.96. The fourth-order valence-electron chi connectivity index (χ4n) is 0.718. The first-order valence-corrected chi connectivity index (χ1v) is 4.77. The molecule has 0 spiro atoms. The number of ether oxygens (including phenoxy) is 1. The molecule has 0 saturated heterocycles. The first-order valence-electron chi connectivity index (χ1n) is 4.39. The molecule has 4 heteroatoms. The highest BCUT2D eigenvalue weighted by Gasteiger charge is 1.91. The van der Waals surface area contributed by atoms with Crippen molar-refractivity contribution in [2.24, 2.45) is 0 Å².